The molecule has 0 spiro atoms. The molecule has 0 heterocycles. The Morgan fingerprint density at radius 1 is 0.778 bits per heavy atom. The zero-order valence-electron chi connectivity index (χ0n) is 16.3. The fourth-order valence-electron chi connectivity index (χ4n) is 4.78. The predicted molar refractivity (Wildman–Crippen MR) is 124 cm³/mol. The first-order chi connectivity index (χ1) is 13.0. The lowest BCUT2D eigenvalue weighted by Gasteiger charge is -2.51. The number of halogens is 1. The van der Waals surface area contributed by atoms with Crippen LogP contribution in [0.25, 0.3) is 0 Å². The third-order valence-corrected chi connectivity index (χ3v) is 8.67. The highest BCUT2D eigenvalue weighted by Crippen LogP contribution is 2.61. The number of benzene rings is 3. The van der Waals surface area contributed by atoms with Gasteiger partial charge in [-0.05, 0) is 40.0 Å². The first-order valence-electron chi connectivity index (χ1n) is 9.87. The Labute approximate surface area is 177 Å². The molecule has 0 aromatic heterocycles. The SMILES string of the molecule is CC(C)C1(C)CC(c2ccccc2)C(I)(c2ccccc2)c2ccccc21. The van der Waals surface area contributed by atoms with Gasteiger partial charge in [-0.25, -0.2) is 0 Å². The summed E-state index contributed by atoms with van der Waals surface area (Å²) in [5, 5.41) is 0. The molecule has 3 aromatic rings. The molecule has 138 valence electrons. The minimum Gasteiger partial charge on any atom is -0.0677 e. The molecule has 1 aliphatic carbocycles. The van der Waals surface area contributed by atoms with Crippen molar-refractivity contribution < 1.29 is 0 Å². The summed E-state index contributed by atoms with van der Waals surface area (Å²) in [4.78, 5) is 0. The first-order valence-corrected chi connectivity index (χ1v) is 10.9. The molecule has 4 rings (SSSR count). The van der Waals surface area contributed by atoms with Crippen molar-refractivity contribution in [1.29, 1.82) is 0 Å². The van der Waals surface area contributed by atoms with Crippen molar-refractivity contribution in [3.8, 4) is 0 Å². The predicted octanol–water partition coefficient (Wildman–Crippen LogP) is 7.47. The van der Waals surface area contributed by atoms with Gasteiger partial charge in [-0.3, -0.25) is 0 Å². The molecule has 27 heavy (non-hydrogen) atoms. The van der Waals surface area contributed by atoms with Gasteiger partial charge in [0.2, 0.25) is 0 Å². The van der Waals surface area contributed by atoms with E-state index in [-0.39, 0.29) is 8.84 Å². The zero-order valence-corrected chi connectivity index (χ0v) is 18.5. The van der Waals surface area contributed by atoms with Gasteiger partial charge < -0.3 is 0 Å². The molecule has 3 atom stereocenters. The second-order valence-corrected chi connectivity index (χ2v) is 10.1. The lowest BCUT2D eigenvalue weighted by molar-refractivity contribution is 0.255. The molecule has 0 nitrogen and oxygen atoms in total. The largest absolute Gasteiger partial charge is 0.0790 e. The van der Waals surface area contributed by atoms with Gasteiger partial charge in [0.15, 0.2) is 0 Å². The van der Waals surface area contributed by atoms with Crippen LogP contribution in [0, 0.1) is 5.92 Å². The highest BCUT2D eigenvalue weighted by molar-refractivity contribution is 14.1. The molecule has 0 amide bonds. The maximum absolute atomic E-state index is 2.75. The molecule has 0 N–H and O–H groups in total. The van der Waals surface area contributed by atoms with E-state index >= 15 is 0 Å². The van der Waals surface area contributed by atoms with E-state index in [9.17, 15) is 0 Å². The van der Waals surface area contributed by atoms with Crippen LogP contribution in [-0.2, 0) is 8.84 Å². The average molecular weight is 466 g/mol. The Hall–Kier alpha value is -1.61. The number of alkyl halides is 1. The van der Waals surface area contributed by atoms with Gasteiger partial charge in [0.05, 0.1) is 3.42 Å². The maximum atomic E-state index is 2.75. The summed E-state index contributed by atoms with van der Waals surface area (Å²) in [5.74, 6) is 1.02. The molecule has 0 bridgehead atoms. The lowest BCUT2D eigenvalue weighted by atomic mass is 9.56. The molecule has 1 heteroatoms. The number of fused-ring (bicyclic) bond motifs is 1. The maximum Gasteiger partial charge on any atom is 0.0790 e. The van der Waals surface area contributed by atoms with Crippen LogP contribution < -0.4 is 0 Å². The molecule has 0 fully saturated rings. The molecule has 3 aromatic carbocycles. The van der Waals surface area contributed by atoms with Crippen molar-refractivity contribution in [3.05, 3.63) is 107 Å². The van der Waals surface area contributed by atoms with Gasteiger partial charge in [-0.15, -0.1) is 0 Å². The van der Waals surface area contributed by atoms with E-state index in [2.05, 4.69) is 128 Å². The van der Waals surface area contributed by atoms with Crippen molar-refractivity contribution in [2.45, 2.75) is 41.9 Å². The third kappa shape index (κ3) is 2.95. The van der Waals surface area contributed by atoms with Crippen molar-refractivity contribution in [3.63, 3.8) is 0 Å². The minimum absolute atomic E-state index is 0.0641. The van der Waals surface area contributed by atoms with Crippen LogP contribution >= 0.6 is 22.6 Å². The molecule has 0 saturated heterocycles. The van der Waals surface area contributed by atoms with E-state index in [0.29, 0.717) is 11.8 Å². The average Bonchev–Trinajstić information content (AvgIpc) is 2.72. The fraction of sp³-hybridized carbons (Fsp3) is 0.308. The smallest absolute Gasteiger partial charge is 0.0677 e. The third-order valence-electron chi connectivity index (χ3n) is 6.71. The number of hydrogen-bond donors (Lipinski definition) is 0. The van der Waals surface area contributed by atoms with E-state index in [1.165, 1.54) is 22.3 Å². The van der Waals surface area contributed by atoms with Crippen LogP contribution in [0.4, 0.5) is 0 Å². The molecule has 1 aliphatic rings. The first kappa shape index (κ1) is 18.7. The van der Waals surface area contributed by atoms with E-state index in [1.807, 2.05) is 0 Å². The molecular weight excluding hydrogens is 439 g/mol. The van der Waals surface area contributed by atoms with Gasteiger partial charge in [0.1, 0.15) is 0 Å². The standard InChI is InChI=1S/C26H27I/c1-19(2)25(3)18-24(20-12-6-4-7-13-20)26(27,21-14-8-5-9-15-21)23-17-11-10-16-22(23)25/h4-17,19,24H,18H2,1-3H3. The van der Waals surface area contributed by atoms with Crippen LogP contribution in [-0.4, -0.2) is 0 Å². The van der Waals surface area contributed by atoms with Crippen molar-refractivity contribution in [1.82, 2.24) is 0 Å². The zero-order chi connectivity index (χ0) is 19.1. The summed E-state index contributed by atoms with van der Waals surface area (Å²) in [7, 11) is 0. The second-order valence-electron chi connectivity index (χ2n) is 8.36. The van der Waals surface area contributed by atoms with Crippen molar-refractivity contribution >= 4 is 22.6 Å². The van der Waals surface area contributed by atoms with Crippen molar-refractivity contribution in [2.24, 2.45) is 5.92 Å². The van der Waals surface area contributed by atoms with Crippen LogP contribution in [0.2, 0.25) is 0 Å². The van der Waals surface area contributed by atoms with E-state index in [0.717, 1.165) is 6.42 Å². The summed E-state index contributed by atoms with van der Waals surface area (Å²) in [6, 6.07) is 31.4. The summed E-state index contributed by atoms with van der Waals surface area (Å²) in [6.45, 7) is 7.22. The van der Waals surface area contributed by atoms with E-state index in [1.54, 1.807) is 0 Å². The molecule has 0 radical (unpaired) electrons. The Bertz CT molecular complexity index is 915. The van der Waals surface area contributed by atoms with Gasteiger partial charge in [0, 0.05) is 5.92 Å². The van der Waals surface area contributed by atoms with Gasteiger partial charge >= 0.3 is 0 Å². The number of rotatable bonds is 3. The minimum atomic E-state index is -0.0641. The van der Waals surface area contributed by atoms with E-state index < -0.39 is 0 Å². The number of hydrogen-bond acceptors (Lipinski definition) is 0. The highest BCUT2D eigenvalue weighted by Gasteiger charge is 2.51. The molecule has 3 unspecified atom stereocenters. The lowest BCUT2D eigenvalue weighted by Crippen LogP contribution is -2.44. The molecule has 0 saturated carbocycles. The normalized spacial score (nSPS) is 27.4. The highest BCUT2D eigenvalue weighted by atomic mass is 127. The Kier molecular flexibility index (Phi) is 4.92. The quantitative estimate of drug-likeness (QED) is 0.278. The van der Waals surface area contributed by atoms with Crippen molar-refractivity contribution in [2.75, 3.05) is 0 Å². The Morgan fingerprint density at radius 3 is 1.89 bits per heavy atom. The van der Waals surface area contributed by atoms with Gasteiger partial charge in [-0.2, -0.15) is 0 Å². The van der Waals surface area contributed by atoms with E-state index in [4.69, 9.17) is 0 Å². The summed E-state index contributed by atoms with van der Waals surface area (Å²) in [5.41, 5.74) is 6.01. The Balaban J connectivity index is 2.03. The topological polar surface area (TPSA) is 0 Å². The van der Waals surface area contributed by atoms with Crippen LogP contribution in [0.5, 0.6) is 0 Å². The summed E-state index contributed by atoms with van der Waals surface area (Å²) >= 11 is 2.75. The molecule has 0 aliphatic heterocycles. The fourth-order valence-corrected chi connectivity index (χ4v) is 6.19. The Morgan fingerprint density at radius 2 is 1.30 bits per heavy atom. The van der Waals surface area contributed by atoms with Crippen LogP contribution in [0.15, 0.2) is 84.9 Å². The van der Waals surface area contributed by atoms with Gasteiger partial charge in [-0.1, -0.05) is 128 Å². The van der Waals surface area contributed by atoms with Crippen LogP contribution in [0.1, 0.15) is 55.4 Å². The molecular formula is C26H27I. The summed E-state index contributed by atoms with van der Waals surface area (Å²) < 4.78 is -0.0641. The second kappa shape index (κ2) is 7.09. The monoisotopic (exact) mass is 466 g/mol. The summed E-state index contributed by atoms with van der Waals surface area (Å²) in [6.07, 6.45) is 1.16. The van der Waals surface area contributed by atoms with Crippen LogP contribution in [0.3, 0.4) is 0 Å². The van der Waals surface area contributed by atoms with Gasteiger partial charge in [0.25, 0.3) is 0 Å².